The molecule has 4 aliphatic rings. The van der Waals surface area contributed by atoms with Gasteiger partial charge in [0.2, 0.25) is 5.91 Å². The van der Waals surface area contributed by atoms with Crippen LogP contribution in [0.5, 0.6) is 0 Å². The third-order valence-corrected chi connectivity index (χ3v) is 8.44. The Morgan fingerprint density at radius 1 is 1.03 bits per heavy atom. The minimum atomic E-state index is -0.355. The van der Waals surface area contributed by atoms with Gasteiger partial charge >= 0.3 is 0 Å². The van der Waals surface area contributed by atoms with Crippen LogP contribution in [-0.4, -0.2) is 23.1 Å². The Hall–Kier alpha value is -2.34. The first-order valence-electron chi connectivity index (χ1n) is 11.5. The molecule has 2 N–H and O–H groups in total. The summed E-state index contributed by atoms with van der Waals surface area (Å²) >= 11 is 1.38. The van der Waals surface area contributed by atoms with Gasteiger partial charge in [0, 0.05) is 16.1 Å². The van der Waals surface area contributed by atoms with Crippen LogP contribution in [0.25, 0.3) is 0 Å². The summed E-state index contributed by atoms with van der Waals surface area (Å²) in [6.45, 7) is 1.68. The molecule has 6 rings (SSSR count). The zero-order valence-electron chi connectivity index (χ0n) is 18.3. The second-order valence-electron chi connectivity index (χ2n) is 9.95. The molecule has 0 spiro atoms. The summed E-state index contributed by atoms with van der Waals surface area (Å²) in [6, 6.07) is 11.9. The Labute approximate surface area is 192 Å². The van der Waals surface area contributed by atoms with Gasteiger partial charge in [-0.15, -0.1) is 11.8 Å². The van der Waals surface area contributed by atoms with Crippen molar-refractivity contribution in [3.63, 3.8) is 0 Å². The highest BCUT2D eigenvalue weighted by molar-refractivity contribution is 8.00. The van der Waals surface area contributed by atoms with Crippen LogP contribution in [0.3, 0.4) is 0 Å². The number of rotatable bonds is 6. The van der Waals surface area contributed by atoms with Crippen LogP contribution in [0, 0.1) is 30.5 Å². The SMILES string of the molecule is Cc1ccc(NC(=O)c2ccccc2SCC(=O)NC23CC4CC(CC(C4)C2)C3)cc1F. The predicted molar refractivity (Wildman–Crippen MR) is 125 cm³/mol. The van der Waals surface area contributed by atoms with Gasteiger partial charge in [-0.3, -0.25) is 9.59 Å². The number of amides is 2. The monoisotopic (exact) mass is 452 g/mol. The van der Waals surface area contributed by atoms with E-state index in [1.165, 1.54) is 37.1 Å². The number of aryl methyl sites for hydroxylation is 1. The maximum atomic E-state index is 13.8. The third kappa shape index (κ3) is 4.42. The van der Waals surface area contributed by atoms with Gasteiger partial charge in [-0.25, -0.2) is 4.39 Å². The Bertz CT molecular complexity index is 1020. The molecule has 6 heteroatoms. The molecule has 0 heterocycles. The lowest BCUT2D eigenvalue weighted by Crippen LogP contribution is -2.60. The van der Waals surface area contributed by atoms with Gasteiger partial charge in [0.25, 0.3) is 5.91 Å². The van der Waals surface area contributed by atoms with Crippen molar-refractivity contribution in [1.82, 2.24) is 5.32 Å². The molecule has 2 aromatic carbocycles. The Morgan fingerprint density at radius 2 is 1.69 bits per heavy atom. The van der Waals surface area contributed by atoms with Gasteiger partial charge in [-0.2, -0.15) is 0 Å². The molecule has 0 aliphatic heterocycles. The van der Waals surface area contributed by atoms with Crippen LogP contribution >= 0.6 is 11.8 Å². The zero-order valence-corrected chi connectivity index (χ0v) is 19.1. The topological polar surface area (TPSA) is 58.2 Å². The molecule has 2 aromatic rings. The highest BCUT2D eigenvalue weighted by Gasteiger charge is 2.51. The number of carbonyl (C=O) groups is 2. The summed E-state index contributed by atoms with van der Waals surface area (Å²) < 4.78 is 13.8. The number of anilines is 1. The van der Waals surface area contributed by atoms with Crippen molar-refractivity contribution in [2.24, 2.45) is 17.8 Å². The fraction of sp³-hybridized carbons (Fsp3) is 0.462. The smallest absolute Gasteiger partial charge is 0.256 e. The molecule has 2 amide bonds. The van der Waals surface area contributed by atoms with Crippen molar-refractivity contribution < 1.29 is 14.0 Å². The van der Waals surface area contributed by atoms with E-state index >= 15 is 0 Å². The summed E-state index contributed by atoms with van der Waals surface area (Å²) in [5.74, 6) is 2.02. The molecule has 4 bridgehead atoms. The molecular weight excluding hydrogens is 423 g/mol. The number of halogens is 1. The summed E-state index contributed by atoms with van der Waals surface area (Å²) in [7, 11) is 0. The standard InChI is InChI=1S/C26H29FN2O2S/c1-16-6-7-20(11-22(16)27)28-25(31)21-4-2-3-5-23(21)32-15-24(30)29-26-12-17-8-18(13-26)10-19(9-17)14-26/h2-7,11,17-19H,8-10,12-15H2,1H3,(H,28,31)(H,29,30). The van der Waals surface area contributed by atoms with Crippen molar-refractivity contribution in [3.8, 4) is 0 Å². The predicted octanol–water partition coefficient (Wildman–Crippen LogP) is 5.56. The number of carbonyl (C=O) groups excluding carboxylic acids is 2. The normalized spacial score (nSPS) is 27.9. The molecule has 168 valence electrons. The molecular formula is C26H29FN2O2S. The summed E-state index contributed by atoms with van der Waals surface area (Å²) in [6.07, 6.45) is 7.41. The Kier molecular flexibility index (Phi) is 5.74. The van der Waals surface area contributed by atoms with E-state index in [1.54, 1.807) is 31.2 Å². The maximum Gasteiger partial charge on any atom is 0.256 e. The average molecular weight is 453 g/mol. The van der Waals surface area contributed by atoms with Gasteiger partial charge in [-0.1, -0.05) is 18.2 Å². The number of nitrogens with one attached hydrogen (secondary N) is 2. The van der Waals surface area contributed by atoms with Gasteiger partial charge < -0.3 is 10.6 Å². The fourth-order valence-electron chi connectivity index (χ4n) is 6.39. The van der Waals surface area contributed by atoms with E-state index in [4.69, 9.17) is 0 Å². The Morgan fingerprint density at radius 3 is 2.34 bits per heavy atom. The molecule has 32 heavy (non-hydrogen) atoms. The lowest BCUT2D eigenvalue weighted by Gasteiger charge is -2.56. The third-order valence-electron chi connectivity index (χ3n) is 7.36. The van der Waals surface area contributed by atoms with E-state index in [2.05, 4.69) is 10.6 Å². The second-order valence-corrected chi connectivity index (χ2v) is 11.0. The van der Waals surface area contributed by atoms with Crippen molar-refractivity contribution in [3.05, 3.63) is 59.4 Å². The first-order valence-corrected chi connectivity index (χ1v) is 12.5. The van der Waals surface area contributed by atoms with Crippen LogP contribution in [0.15, 0.2) is 47.4 Å². The summed E-state index contributed by atoms with van der Waals surface area (Å²) in [5.41, 5.74) is 1.43. The molecule has 0 aromatic heterocycles. The number of benzene rings is 2. The van der Waals surface area contributed by atoms with Gasteiger partial charge in [0.05, 0.1) is 11.3 Å². The Balaban J connectivity index is 1.22. The number of hydrogen-bond donors (Lipinski definition) is 2. The summed E-state index contributed by atoms with van der Waals surface area (Å²) in [5, 5.41) is 6.16. The quantitative estimate of drug-likeness (QED) is 0.564. The lowest BCUT2D eigenvalue weighted by molar-refractivity contribution is -0.124. The van der Waals surface area contributed by atoms with E-state index in [1.807, 2.05) is 12.1 Å². The molecule has 4 nitrogen and oxygen atoms in total. The molecule has 0 radical (unpaired) electrons. The summed E-state index contributed by atoms with van der Waals surface area (Å²) in [4.78, 5) is 26.4. The molecule has 0 saturated heterocycles. The van der Waals surface area contributed by atoms with Gasteiger partial charge in [-0.05, 0) is 93.0 Å². The minimum Gasteiger partial charge on any atom is -0.350 e. The van der Waals surface area contributed by atoms with Crippen molar-refractivity contribution >= 4 is 29.3 Å². The van der Waals surface area contributed by atoms with E-state index < -0.39 is 0 Å². The van der Waals surface area contributed by atoms with E-state index in [9.17, 15) is 14.0 Å². The van der Waals surface area contributed by atoms with Gasteiger partial charge in [0.15, 0.2) is 0 Å². The molecule has 4 aliphatic carbocycles. The minimum absolute atomic E-state index is 0.00119. The van der Waals surface area contributed by atoms with Crippen LogP contribution in [0.2, 0.25) is 0 Å². The highest BCUT2D eigenvalue weighted by atomic mass is 32.2. The second kappa shape index (κ2) is 8.54. The number of thioether (sulfide) groups is 1. The molecule has 4 fully saturated rings. The van der Waals surface area contributed by atoms with Crippen LogP contribution in [0.4, 0.5) is 10.1 Å². The largest absolute Gasteiger partial charge is 0.350 e. The van der Waals surface area contributed by atoms with Crippen LogP contribution in [0.1, 0.15) is 54.4 Å². The lowest BCUT2D eigenvalue weighted by atomic mass is 9.53. The van der Waals surface area contributed by atoms with E-state index in [-0.39, 0.29) is 28.9 Å². The zero-order chi connectivity index (χ0) is 22.3. The van der Waals surface area contributed by atoms with Crippen LogP contribution in [-0.2, 0) is 4.79 Å². The van der Waals surface area contributed by atoms with Crippen molar-refractivity contribution in [2.45, 2.75) is 55.9 Å². The van der Waals surface area contributed by atoms with Gasteiger partial charge in [0.1, 0.15) is 5.82 Å². The highest BCUT2D eigenvalue weighted by Crippen LogP contribution is 2.55. The molecule has 0 atom stereocenters. The average Bonchev–Trinajstić information content (AvgIpc) is 2.74. The van der Waals surface area contributed by atoms with E-state index in [0.717, 1.165) is 41.9 Å². The van der Waals surface area contributed by atoms with E-state index in [0.29, 0.717) is 16.8 Å². The fourth-order valence-corrected chi connectivity index (χ4v) is 7.24. The number of hydrogen-bond acceptors (Lipinski definition) is 3. The maximum absolute atomic E-state index is 13.8. The first-order chi connectivity index (χ1) is 15.4. The van der Waals surface area contributed by atoms with Crippen LogP contribution < -0.4 is 10.6 Å². The first kappa shape index (κ1) is 21.5. The molecule has 4 saturated carbocycles. The van der Waals surface area contributed by atoms with Crippen molar-refractivity contribution in [1.29, 1.82) is 0 Å². The molecule has 0 unspecified atom stereocenters. The van der Waals surface area contributed by atoms with Crippen molar-refractivity contribution in [2.75, 3.05) is 11.1 Å².